The lowest BCUT2D eigenvalue weighted by Crippen LogP contribution is -2.11. The van der Waals surface area contributed by atoms with Crippen LogP contribution < -0.4 is 0 Å². The third-order valence-corrected chi connectivity index (χ3v) is 8.62. The maximum Gasteiger partial charge on any atom is 0.354 e. The minimum absolute atomic E-state index is 0.000456. The highest BCUT2D eigenvalue weighted by atomic mass is 16.4. The Morgan fingerprint density at radius 1 is 0.711 bits per heavy atom. The molecule has 224 valence electrons. The molecule has 0 bridgehead atoms. The van der Waals surface area contributed by atoms with Crippen molar-refractivity contribution in [2.75, 3.05) is 0 Å². The summed E-state index contributed by atoms with van der Waals surface area (Å²) >= 11 is 0. The van der Waals surface area contributed by atoms with E-state index in [4.69, 9.17) is 4.98 Å². The molecule has 4 aromatic carbocycles. The van der Waals surface area contributed by atoms with Crippen molar-refractivity contribution < 1.29 is 9.90 Å². The van der Waals surface area contributed by atoms with E-state index in [0.717, 1.165) is 44.7 Å². The zero-order chi connectivity index (χ0) is 31.7. The van der Waals surface area contributed by atoms with Gasteiger partial charge in [0.1, 0.15) is 11.5 Å². The van der Waals surface area contributed by atoms with Gasteiger partial charge in [-0.1, -0.05) is 84.0 Å². The van der Waals surface area contributed by atoms with E-state index in [9.17, 15) is 9.90 Å². The zero-order valence-corrected chi connectivity index (χ0v) is 26.4. The van der Waals surface area contributed by atoms with Crippen LogP contribution in [0.2, 0.25) is 0 Å². The van der Waals surface area contributed by atoms with Crippen molar-refractivity contribution in [3.05, 3.63) is 114 Å². The van der Waals surface area contributed by atoms with E-state index < -0.39 is 5.97 Å². The molecular weight excluding hydrogens is 556 g/mol. The van der Waals surface area contributed by atoms with Crippen molar-refractivity contribution in [3.8, 4) is 28.3 Å². The molecule has 7 rings (SSSR count). The van der Waals surface area contributed by atoms with Gasteiger partial charge in [-0.2, -0.15) is 0 Å². The van der Waals surface area contributed by atoms with Gasteiger partial charge >= 0.3 is 5.97 Å². The fraction of sp³-hybridized carbons (Fsp3) is 0.205. The van der Waals surface area contributed by atoms with Crippen LogP contribution in [0, 0.1) is 0 Å². The summed E-state index contributed by atoms with van der Waals surface area (Å²) in [7, 11) is 0. The Labute approximate surface area is 262 Å². The normalized spacial score (nSPS) is 12.4. The lowest BCUT2D eigenvalue weighted by molar-refractivity contribution is 0.0690. The molecule has 0 aliphatic carbocycles. The van der Waals surface area contributed by atoms with E-state index in [0.29, 0.717) is 5.69 Å². The standard InChI is InChI=1S/C39H36N4O2/c1-38(2,3)23-18-19-31-27(20-23)28-21-24(39(4,5)6)22-29(34(28)41-31)36-42-35-26(30-15-11-16-32(40-30)37(44)45)14-10-17-33(35)43(36)25-12-8-7-9-13-25/h7-22,41H,1-6H3,(H,44,45). The molecule has 0 saturated carbocycles. The van der Waals surface area contributed by atoms with Crippen LogP contribution in [0.1, 0.15) is 63.2 Å². The highest BCUT2D eigenvalue weighted by Crippen LogP contribution is 2.41. The maximum atomic E-state index is 11.8. The van der Waals surface area contributed by atoms with Gasteiger partial charge in [-0.25, -0.2) is 14.8 Å². The Bertz CT molecular complexity index is 2260. The van der Waals surface area contributed by atoms with E-state index in [2.05, 4.69) is 105 Å². The maximum absolute atomic E-state index is 11.8. The van der Waals surface area contributed by atoms with Crippen LogP contribution in [0.3, 0.4) is 0 Å². The SMILES string of the molecule is CC(C)(C)c1ccc2[nH]c3c(-c4nc5c(-c6cccc(C(=O)O)n6)cccc5n4-c4ccccc4)cc(C(C)(C)C)cc3c2c1. The monoisotopic (exact) mass is 592 g/mol. The molecule has 0 atom stereocenters. The second kappa shape index (κ2) is 10.2. The van der Waals surface area contributed by atoms with Crippen LogP contribution in [0.5, 0.6) is 0 Å². The third-order valence-electron chi connectivity index (χ3n) is 8.62. The van der Waals surface area contributed by atoms with Crippen molar-refractivity contribution in [1.82, 2.24) is 19.5 Å². The summed E-state index contributed by atoms with van der Waals surface area (Å²) in [5.41, 5.74) is 9.54. The molecule has 0 radical (unpaired) electrons. The number of carboxylic acids is 1. The fourth-order valence-corrected chi connectivity index (χ4v) is 6.10. The number of pyridine rings is 1. The van der Waals surface area contributed by atoms with Crippen molar-refractivity contribution >= 4 is 38.8 Å². The molecule has 0 aliphatic rings. The summed E-state index contributed by atoms with van der Waals surface area (Å²) in [6.45, 7) is 13.5. The average molecular weight is 593 g/mol. The number of fused-ring (bicyclic) bond motifs is 4. The molecular formula is C39H36N4O2. The van der Waals surface area contributed by atoms with Gasteiger partial charge in [-0.05, 0) is 76.6 Å². The fourth-order valence-electron chi connectivity index (χ4n) is 6.10. The van der Waals surface area contributed by atoms with Gasteiger partial charge in [0.25, 0.3) is 0 Å². The van der Waals surface area contributed by atoms with E-state index >= 15 is 0 Å². The number of nitrogens with zero attached hydrogens (tertiary/aromatic N) is 3. The molecule has 0 unspecified atom stereocenters. The predicted octanol–water partition coefficient (Wildman–Crippen LogP) is 9.68. The van der Waals surface area contributed by atoms with Gasteiger partial charge in [-0.3, -0.25) is 4.57 Å². The highest BCUT2D eigenvalue weighted by Gasteiger charge is 2.25. The molecule has 7 aromatic rings. The van der Waals surface area contributed by atoms with Crippen LogP contribution in [-0.4, -0.2) is 30.6 Å². The number of hydrogen-bond donors (Lipinski definition) is 2. The Morgan fingerprint density at radius 3 is 2.13 bits per heavy atom. The van der Waals surface area contributed by atoms with Gasteiger partial charge in [-0.15, -0.1) is 0 Å². The van der Waals surface area contributed by atoms with E-state index in [-0.39, 0.29) is 16.5 Å². The van der Waals surface area contributed by atoms with Crippen LogP contribution >= 0.6 is 0 Å². The summed E-state index contributed by atoms with van der Waals surface area (Å²) in [6, 6.07) is 32.7. The Kier molecular flexibility index (Phi) is 6.44. The minimum atomic E-state index is -1.06. The van der Waals surface area contributed by atoms with E-state index in [1.165, 1.54) is 28.0 Å². The van der Waals surface area contributed by atoms with Crippen LogP contribution in [-0.2, 0) is 10.8 Å². The predicted molar refractivity (Wildman–Crippen MR) is 183 cm³/mol. The lowest BCUT2D eigenvalue weighted by atomic mass is 9.84. The first-order valence-electron chi connectivity index (χ1n) is 15.3. The van der Waals surface area contributed by atoms with Crippen molar-refractivity contribution in [1.29, 1.82) is 0 Å². The smallest absolute Gasteiger partial charge is 0.354 e. The highest BCUT2D eigenvalue weighted by molar-refractivity contribution is 6.12. The second-order valence-corrected chi connectivity index (χ2v) is 13.8. The van der Waals surface area contributed by atoms with Gasteiger partial charge in [0, 0.05) is 33.1 Å². The molecule has 3 heterocycles. The molecule has 6 heteroatoms. The second-order valence-electron chi connectivity index (χ2n) is 13.8. The summed E-state index contributed by atoms with van der Waals surface area (Å²) in [5.74, 6) is -0.258. The molecule has 6 nitrogen and oxygen atoms in total. The first-order chi connectivity index (χ1) is 21.4. The largest absolute Gasteiger partial charge is 0.477 e. The Hall–Kier alpha value is -5.23. The number of aromatic amines is 1. The number of H-pyrrole nitrogens is 1. The van der Waals surface area contributed by atoms with Gasteiger partial charge in [0.15, 0.2) is 0 Å². The van der Waals surface area contributed by atoms with Crippen molar-refractivity contribution in [3.63, 3.8) is 0 Å². The summed E-state index contributed by atoms with van der Waals surface area (Å²) < 4.78 is 2.20. The number of benzene rings is 4. The number of hydrogen-bond acceptors (Lipinski definition) is 3. The molecule has 3 aromatic heterocycles. The Morgan fingerprint density at radius 2 is 1.42 bits per heavy atom. The van der Waals surface area contributed by atoms with E-state index in [1.54, 1.807) is 6.07 Å². The topological polar surface area (TPSA) is 83.8 Å². The molecule has 45 heavy (non-hydrogen) atoms. The molecule has 0 aliphatic heterocycles. The average Bonchev–Trinajstić information content (AvgIpc) is 3.58. The van der Waals surface area contributed by atoms with Crippen LogP contribution in [0.4, 0.5) is 0 Å². The number of rotatable bonds is 4. The van der Waals surface area contributed by atoms with Crippen LogP contribution in [0.15, 0.2) is 97.1 Å². The molecule has 0 saturated heterocycles. The molecule has 2 N–H and O–H groups in total. The quantitative estimate of drug-likeness (QED) is 0.213. The van der Waals surface area contributed by atoms with E-state index in [1.807, 2.05) is 36.4 Å². The summed E-state index contributed by atoms with van der Waals surface area (Å²) in [4.78, 5) is 25.4. The summed E-state index contributed by atoms with van der Waals surface area (Å²) in [6.07, 6.45) is 0. The van der Waals surface area contributed by atoms with Gasteiger partial charge in [0.2, 0.25) is 0 Å². The number of carbonyl (C=O) groups is 1. The number of imidazole rings is 1. The molecule has 0 fully saturated rings. The minimum Gasteiger partial charge on any atom is -0.477 e. The molecule has 0 spiro atoms. The Balaban J connectivity index is 1.60. The lowest BCUT2D eigenvalue weighted by Gasteiger charge is -2.21. The molecule has 0 amide bonds. The van der Waals surface area contributed by atoms with Crippen LogP contribution in [0.25, 0.3) is 61.2 Å². The van der Waals surface area contributed by atoms with Gasteiger partial charge in [0.05, 0.1) is 22.2 Å². The van der Waals surface area contributed by atoms with Crippen molar-refractivity contribution in [2.24, 2.45) is 0 Å². The van der Waals surface area contributed by atoms with Gasteiger partial charge < -0.3 is 10.1 Å². The summed E-state index contributed by atoms with van der Waals surface area (Å²) in [5, 5.41) is 12.0. The van der Waals surface area contributed by atoms with Crippen molar-refractivity contribution in [2.45, 2.75) is 52.4 Å². The third kappa shape index (κ3) is 4.87. The number of aromatic carboxylic acids is 1. The first kappa shape index (κ1) is 28.5. The number of nitrogens with one attached hydrogen (secondary N) is 1. The zero-order valence-electron chi connectivity index (χ0n) is 26.4. The number of para-hydroxylation sites is 2. The number of aromatic nitrogens is 4. The first-order valence-corrected chi connectivity index (χ1v) is 15.3. The number of carboxylic acid groups (broad SMARTS) is 1.